The minimum atomic E-state index is -0.895. The number of benzene rings is 2. The van der Waals surface area contributed by atoms with Crippen molar-refractivity contribution in [2.75, 3.05) is 56.3 Å². The number of rotatable bonds is 6. The molecule has 1 N–H and O–H groups in total. The SMILES string of the molecule is CCc1c(F)ccc2cc(O)cc(N3Cc4nc(OC[C@@H]5C[C@@H](F)CN5C)nc(N5CCCOCC5)c4C3=O)c12. The van der Waals surface area contributed by atoms with E-state index in [4.69, 9.17) is 9.47 Å². The van der Waals surface area contributed by atoms with Gasteiger partial charge in [-0.1, -0.05) is 13.0 Å². The molecule has 0 unspecified atom stereocenters. The average Bonchev–Trinajstić information content (AvgIpc) is 3.29. The molecule has 3 aromatic rings. The summed E-state index contributed by atoms with van der Waals surface area (Å²) in [6, 6.07) is 6.09. The van der Waals surface area contributed by atoms with Gasteiger partial charge in [-0.05, 0) is 49.4 Å². The number of carbonyl (C=O) groups is 1. The van der Waals surface area contributed by atoms with Crippen LogP contribution in [0.4, 0.5) is 20.3 Å². The summed E-state index contributed by atoms with van der Waals surface area (Å²) in [7, 11) is 1.86. The fourth-order valence-corrected chi connectivity index (χ4v) is 6.02. The molecule has 4 heterocycles. The zero-order valence-electron chi connectivity index (χ0n) is 22.7. The maximum absolute atomic E-state index is 14.9. The van der Waals surface area contributed by atoms with E-state index in [1.165, 1.54) is 17.0 Å². The molecule has 6 rings (SSSR count). The van der Waals surface area contributed by atoms with Gasteiger partial charge in [0.25, 0.3) is 5.91 Å². The topological polar surface area (TPSA) is 91.3 Å². The Hall–Kier alpha value is -3.57. The van der Waals surface area contributed by atoms with Crippen LogP contribution in [-0.4, -0.2) is 84.6 Å². The second kappa shape index (κ2) is 10.8. The molecular weight excluding hydrogens is 520 g/mol. The number of anilines is 2. The van der Waals surface area contributed by atoms with Crippen molar-refractivity contribution >= 4 is 28.2 Å². The van der Waals surface area contributed by atoms with Gasteiger partial charge in [0.15, 0.2) is 0 Å². The maximum atomic E-state index is 14.9. The Labute approximate surface area is 231 Å². The molecule has 9 nitrogen and oxygen atoms in total. The van der Waals surface area contributed by atoms with Crippen molar-refractivity contribution in [3.8, 4) is 11.8 Å². The van der Waals surface area contributed by atoms with E-state index in [0.717, 1.165) is 6.42 Å². The Morgan fingerprint density at radius 3 is 2.83 bits per heavy atom. The van der Waals surface area contributed by atoms with E-state index in [1.807, 2.05) is 23.8 Å². The predicted octanol–water partition coefficient (Wildman–Crippen LogP) is 3.85. The quantitative estimate of drug-likeness (QED) is 0.493. The summed E-state index contributed by atoms with van der Waals surface area (Å²) in [6.07, 6.45) is 0.675. The fourth-order valence-electron chi connectivity index (χ4n) is 6.02. The summed E-state index contributed by atoms with van der Waals surface area (Å²) in [5, 5.41) is 11.7. The van der Waals surface area contributed by atoms with Gasteiger partial charge in [0, 0.05) is 43.7 Å². The second-order valence-corrected chi connectivity index (χ2v) is 10.7. The second-order valence-electron chi connectivity index (χ2n) is 10.7. The van der Waals surface area contributed by atoms with Crippen LogP contribution in [0.1, 0.15) is 41.4 Å². The number of aromatic nitrogens is 2. The van der Waals surface area contributed by atoms with Crippen molar-refractivity contribution in [1.29, 1.82) is 0 Å². The third-order valence-corrected chi connectivity index (χ3v) is 8.05. The van der Waals surface area contributed by atoms with E-state index in [2.05, 4.69) is 9.97 Å². The fraction of sp³-hybridized carbons (Fsp3) is 0.483. The number of phenols is 1. The molecule has 2 fully saturated rings. The number of aromatic hydroxyl groups is 1. The van der Waals surface area contributed by atoms with Crippen LogP contribution in [0.15, 0.2) is 24.3 Å². The van der Waals surface area contributed by atoms with Gasteiger partial charge in [-0.2, -0.15) is 9.97 Å². The van der Waals surface area contributed by atoms with E-state index >= 15 is 0 Å². The Kier molecular flexibility index (Phi) is 7.18. The van der Waals surface area contributed by atoms with Crippen molar-refractivity contribution in [3.05, 3.63) is 46.9 Å². The van der Waals surface area contributed by atoms with Crippen LogP contribution >= 0.6 is 0 Å². The van der Waals surface area contributed by atoms with Gasteiger partial charge in [-0.3, -0.25) is 9.69 Å². The van der Waals surface area contributed by atoms with Crippen molar-refractivity contribution in [3.63, 3.8) is 0 Å². The molecule has 0 saturated carbocycles. The molecule has 0 spiro atoms. The van der Waals surface area contributed by atoms with Crippen LogP contribution in [-0.2, 0) is 17.7 Å². The summed E-state index contributed by atoms with van der Waals surface area (Å²) in [4.78, 5) is 28.8. The number of phenolic OH excluding ortho intramolecular Hbond substituents is 1. The summed E-state index contributed by atoms with van der Waals surface area (Å²) in [6.45, 7) is 4.86. The lowest BCUT2D eigenvalue weighted by Crippen LogP contribution is -2.32. The first kappa shape index (κ1) is 26.6. The first-order valence-electron chi connectivity index (χ1n) is 13.8. The molecule has 0 aliphatic carbocycles. The third kappa shape index (κ3) is 4.81. The van der Waals surface area contributed by atoms with Gasteiger partial charge in [0.2, 0.25) is 0 Å². The van der Waals surface area contributed by atoms with Crippen LogP contribution in [0, 0.1) is 5.82 Å². The number of aryl methyl sites for hydroxylation is 1. The smallest absolute Gasteiger partial charge is 0.318 e. The van der Waals surface area contributed by atoms with Crippen LogP contribution in [0.25, 0.3) is 10.8 Å². The molecule has 1 aromatic heterocycles. The maximum Gasteiger partial charge on any atom is 0.318 e. The molecule has 2 aromatic carbocycles. The van der Waals surface area contributed by atoms with E-state index in [9.17, 15) is 18.7 Å². The van der Waals surface area contributed by atoms with E-state index in [-0.39, 0.29) is 42.7 Å². The minimum Gasteiger partial charge on any atom is -0.508 e. The molecule has 3 aliphatic heterocycles. The van der Waals surface area contributed by atoms with E-state index in [1.54, 1.807) is 12.1 Å². The zero-order chi connectivity index (χ0) is 28.0. The highest BCUT2D eigenvalue weighted by Crippen LogP contribution is 2.41. The van der Waals surface area contributed by atoms with Crippen molar-refractivity contribution in [2.45, 2.75) is 44.9 Å². The lowest BCUT2D eigenvalue weighted by Gasteiger charge is -2.24. The van der Waals surface area contributed by atoms with Gasteiger partial charge in [0.1, 0.15) is 35.7 Å². The summed E-state index contributed by atoms with van der Waals surface area (Å²) >= 11 is 0. The molecule has 11 heteroatoms. The molecular formula is C29H33F2N5O4. The summed E-state index contributed by atoms with van der Waals surface area (Å²) < 4.78 is 40.4. The number of ether oxygens (including phenoxy) is 2. The van der Waals surface area contributed by atoms with Gasteiger partial charge in [0.05, 0.1) is 24.5 Å². The lowest BCUT2D eigenvalue weighted by molar-refractivity contribution is 0.0997. The lowest BCUT2D eigenvalue weighted by atomic mass is 9.99. The van der Waals surface area contributed by atoms with Gasteiger partial charge in [-0.15, -0.1) is 0 Å². The molecule has 1 amide bonds. The van der Waals surface area contributed by atoms with Crippen LogP contribution in [0.5, 0.6) is 11.8 Å². The summed E-state index contributed by atoms with van der Waals surface area (Å²) in [5.74, 6) is -0.241. The Balaban J connectivity index is 1.41. The first-order valence-corrected chi connectivity index (χ1v) is 13.8. The Morgan fingerprint density at radius 2 is 2.05 bits per heavy atom. The molecule has 2 saturated heterocycles. The Bertz CT molecular complexity index is 1450. The third-order valence-electron chi connectivity index (χ3n) is 8.05. The van der Waals surface area contributed by atoms with Crippen LogP contribution in [0.3, 0.4) is 0 Å². The van der Waals surface area contributed by atoms with Gasteiger partial charge in [-0.25, -0.2) is 8.78 Å². The zero-order valence-corrected chi connectivity index (χ0v) is 22.7. The normalized spacial score (nSPS) is 21.8. The molecule has 0 bridgehead atoms. The monoisotopic (exact) mass is 553 g/mol. The number of nitrogens with zero attached hydrogens (tertiary/aromatic N) is 5. The number of hydrogen-bond acceptors (Lipinski definition) is 8. The predicted molar refractivity (Wildman–Crippen MR) is 147 cm³/mol. The highest BCUT2D eigenvalue weighted by Gasteiger charge is 2.38. The molecule has 212 valence electrons. The standard InChI is InChI=1S/C29H33F2N5O4/c1-3-21-22(31)6-5-17-11-20(37)13-24(25(17)21)36-15-23-26(28(36)38)27(35-7-4-9-39-10-8-35)33-29(32-23)40-16-19-12-18(30)14-34(19)2/h5-6,11,13,18-19,37H,3-4,7-10,12,14-16H2,1-2H3/t18-,19+/m1/s1. The number of hydrogen-bond donors (Lipinski definition) is 1. The van der Waals surface area contributed by atoms with E-state index < -0.39 is 6.17 Å². The first-order chi connectivity index (χ1) is 19.3. The van der Waals surface area contributed by atoms with Crippen molar-refractivity contribution < 1.29 is 28.2 Å². The van der Waals surface area contributed by atoms with E-state index in [0.29, 0.717) is 84.8 Å². The van der Waals surface area contributed by atoms with Gasteiger partial charge < -0.3 is 24.4 Å². The van der Waals surface area contributed by atoms with Crippen LogP contribution < -0.4 is 14.5 Å². The summed E-state index contributed by atoms with van der Waals surface area (Å²) in [5.41, 5.74) is 1.75. The number of fused-ring (bicyclic) bond motifs is 2. The molecule has 3 aliphatic rings. The Morgan fingerprint density at radius 1 is 1.20 bits per heavy atom. The van der Waals surface area contributed by atoms with Crippen LogP contribution in [0.2, 0.25) is 0 Å². The van der Waals surface area contributed by atoms with Crippen molar-refractivity contribution in [2.24, 2.45) is 0 Å². The number of alkyl halides is 1. The number of halogens is 2. The highest BCUT2D eigenvalue weighted by molar-refractivity contribution is 6.16. The minimum absolute atomic E-state index is 0.0215. The number of likely N-dealkylation sites (tertiary alicyclic amines) is 1. The van der Waals surface area contributed by atoms with Gasteiger partial charge >= 0.3 is 6.01 Å². The highest BCUT2D eigenvalue weighted by atomic mass is 19.1. The number of amides is 1. The number of carbonyl (C=O) groups excluding carboxylic acids is 1. The molecule has 40 heavy (non-hydrogen) atoms. The largest absolute Gasteiger partial charge is 0.508 e. The average molecular weight is 554 g/mol. The molecule has 0 radical (unpaired) electrons. The number of likely N-dealkylation sites (N-methyl/N-ethyl adjacent to an activating group) is 1. The molecule has 2 atom stereocenters. The van der Waals surface area contributed by atoms with Crippen molar-refractivity contribution in [1.82, 2.24) is 14.9 Å².